The van der Waals surface area contributed by atoms with Crippen LogP contribution in [0.2, 0.25) is 5.02 Å². The van der Waals surface area contributed by atoms with Crippen molar-refractivity contribution in [3.8, 4) is 22.8 Å². The van der Waals surface area contributed by atoms with Gasteiger partial charge in [-0.1, -0.05) is 23.7 Å². The maximum atomic E-state index is 13.1. The fraction of sp³-hybridized carbons (Fsp3) is 0.217. The van der Waals surface area contributed by atoms with Crippen LogP contribution in [0.15, 0.2) is 59.7 Å². The minimum Gasteiger partial charge on any atom is -0.435 e. The molecule has 1 aromatic carbocycles. The van der Waals surface area contributed by atoms with E-state index in [0.29, 0.717) is 35.1 Å². The molecular formula is C23H23ClN6O3. The number of hydrogen-bond donors (Lipinski definition) is 3. The van der Waals surface area contributed by atoms with Crippen LogP contribution in [-0.2, 0) is 6.54 Å². The Morgan fingerprint density at radius 3 is 2.85 bits per heavy atom. The van der Waals surface area contributed by atoms with E-state index in [4.69, 9.17) is 16.0 Å². The van der Waals surface area contributed by atoms with Crippen LogP contribution >= 0.6 is 11.6 Å². The number of pyridine rings is 1. The second kappa shape index (κ2) is 9.85. The summed E-state index contributed by atoms with van der Waals surface area (Å²) >= 11 is 6.40. The van der Waals surface area contributed by atoms with Gasteiger partial charge in [-0.15, -0.1) is 0 Å². The number of oxazole rings is 1. The summed E-state index contributed by atoms with van der Waals surface area (Å²) in [5.41, 5.74) is 2.13. The number of aliphatic hydroxyl groups excluding tert-OH is 1. The van der Waals surface area contributed by atoms with Gasteiger partial charge in [0.2, 0.25) is 5.89 Å². The number of carbonyl (C=O) groups excluding carboxylic acids is 1. The number of amides is 1. The molecule has 0 saturated heterocycles. The van der Waals surface area contributed by atoms with Crippen LogP contribution < -0.4 is 10.6 Å². The SMILES string of the molecule is Cc1cnc(NC(C)O)cc1-c1nc(C(=O)NCCn2ccnc2)c(-c2ccccc2Cl)o1. The highest BCUT2D eigenvalue weighted by atomic mass is 35.5. The molecule has 1 atom stereocenters. The van der Waals surface area contributed by atoms with Crippen molar-refractivity contribution in [3.63, 3.8) is 0 Å². The summed E-state index contributed by atoms with van der Waals surface area (Å²) in [6.07, 6.45) is 6.04. The topological polar surface area (TPSA) is 118 Å². The van der Waals surface area contributed by atoms with Crippen LogP contribution in [0, 0.1) is 6.92 Å². The van der Waals surface area contributed by atoms with Gasteiger partial charge in [-0.25, -0.2) is 15.0 Å². The molecule has 3 heterocycles. The average Bonchev–Trinajstić information content (AvgIpc) is 3.45. The molecule has 1 amide bonds. The molecule has 0 aliphatic heterocycles. The molecule has 4 rings (SSSR count). The van der Waals surface area contributed by atoms with Crippen molar-refractivity contribution in [3.05, 3.63) is 71.5 Å². The molecule has 0 saturated carbocycles. The van der Waals surface area contributed by atoms with Gasteiger partial charge in [-0.05, 0) is 37.6 Å². The monoisotopic (exact) mass is 466 g/mol. The third-order valence-corrected chi connectivity index (χ3v) is 5.20. The Morgan fingerprint density at radius 2 is 2.12 bits per heavy atom. The van der Waals surface area contributed by atoms with Gasteiger partial charge in [-0.2, -0.15) is 0 Å². The lowest BCUT2D eigenvalue weighted by Crippen LogP contribution is -2.27. The molecular weight excluding hydrogens is 444 g/mol. The zero-order chi connectivity index (χ0) is 23.4. The molecule has 0 aliphatic carbocycles. The lowest BCUT2D eigenvalue weighted by atomic mass is 10.1. The predicted octanol–water partition coefficient (Wildman–Crippen LogP) is 3.74. The summed E-state index contributed by atoms with van der Waals surface area (Å²) < 4.78 is 7.95. The van der Waals surface area contributed by atoms with Crippen molar-refractivity contribution in [1.29, 1.82) is 0 Å². The molecule has 10 heteroatoms. The van der Waals surface area contributed by atoms with Gasteiger partial charge in [0, 0.05) is 42.8 Å². The lowest BCUT2D eigenvalue weighted by molar-refractivity contribution is 0.0948. The number of aromatic nitrogens is 4. The molecule has 0 bridgehead atoms. The van der Waals surface area contributed by atoms with Crippen molar-refractivity contribution in [2.24, 2.45) is 0 Å². The van der Waals surface area contributed by atoms with Crippen molar-refractivity contribution in [2.45, 2.75) is 26.6 Å². The van der Waals surface area contributed by atoms with E-state index in [0.717, 1.165) is 5.56 Å². The van der Waals surface area contributed by atoms with Crippen molar-refractivity contribution in [1.82, 2.24) is 24.8 Å². The summed E-state index contributed by atoms with van der Waals surface area (Å²) in [5.74, 6) is 0.596. The van der Waals surface area contributed by atoms with E-state index < -0.39 is 6.23 Å². The number of hydrogen-bond acceptors (Lipinski definition) is 7. The van der Waals surface area contributed by atoms with E-state index in [1.165, 1.54) is 0 Å². The Labute approximate surface area is 195 Å². The van der Waals surface area contributed by atoms with Crippen LogP contribution in [0.1, 0.15) is 23.0 Å². The van der Waals surface area contributed by atoms with Gasteiger partial charge < -0.3 is 24.7 Å². The molecule has 1 unspecified atom stereocenters. The zero-order valence-electron chi connectivity index (χ0n) is 18.1. The van der Waals surface area contributed by atoms with Crippen LogP contribution in [0.4, 0.5) is 5.82 Å². The van der Waals surface area contributed by atoms with Gasteiger partial charge in [0.25, 0.3) is 5.91 Å². The lowest BCUT2D eigenvalue weighted by Gasteiger charge is -2.10. The molecule has 170 valence electrons. The first-order chi connectivity index (χ1) is 15.9. The summed E-state index contributed by atoms with van der Waals surface area (Å²) in [6.45, 7) is 4.40. The Kier molecular flexibility index (Phi) is 6.71. The van der Waals surface area contributed by atoms with Gasteiger partial charge in [0.15, 0.2) is 11.5 Å². The maximum absolute atomic E-state index is 13.1. The van der Waals surface area contributed by atoms with E-state index in [-0.39, 0.29) is 23.3 Å². The quantitative estimate of drug-likeness (QED) is 0.338. The smallest absolute Gasteiger partial charge is 0.274 e. The fourth-order valence-electron chi connectivity index (χ4n) is 3.27. The normalized spacial score (nSPS) is 11.9. The third kappa shape index (κ3) is 5.21. The summed E-state index contributed by atoms with van der Waals surface area (Å²) in [5, 5.41) is 15.8. The van der Waals surface area contributed by atoms with Crippen LogP contribution in [-0.4, -0.2) is 43.3 Å². The Hall–Kier alpha value is -3.69. The first-order valence-electron chi connectivity index (χ1n) is 10.3. The van der Waals surface area contributed by atoms with E-state index in [9.17, 15) is 9.90 Å². The standard InChI is InChI=1S/C23H23ClN6O3/c1-14-12-27-19(28-15(2)31)11-17(14)23-29-20(21(33-23)16-5-3-4-6-18(16)24)22(32)26-8-10-30-9-7-25-13-30/h3-7,9,11-13,15,31H,8,10H2,1-2H3,(H,26,32)(H,27,28). The molecule has 0 radical (unpaired) electrons. The molecule has 33 heavy (non-hydrogen) atoms. The van der Waals surface area contributed by atoms with Gasteiger partial charge in [0.1, 0.15) is 12.0 Å². The van der Waals surface area contributed by atoms with E-state index in [2.05, 4.69) is 25.6 Å². The number of anilines is 1. The zero-order valence-corrected chi connectivity index (χ0v) is 18.9. The number of benzene rings is 1. The first-order valence-corrected chi connectivity index (χ1v) is 10.7. The predicted molar refractivity (Wildman–Crippen MR) is 125 cm³/mol. The van der Waals surface area contributed by atoms with E-state index in [1.54, 1.807) is 49.9 Å². The highest BCUT2D eigenvalue weighted by Gasteiger charge is 2.24. The van der Waals surface area contributed by atoms with Crippen molar-refractivity contribution in [2.75, 3.05) is 11.9 Å². The van der Waals surface area contributed by atoms with Crippen LogP contribution in [0.3, 0.4) is 0 Å². The molecule has 0 spiro atoms. The summed E-state index contributed by atoms with van der Waals surface area (Å²) in [6, 6.07) is 8.82. The highest BCUT2D eigenvalue weighted by molar-refractivity contribution is 6.33. The number of carbonyl (C=O) groups is 1. The number of nitrogens with one attached hydrogen (secondary N) is 2. The maximum Gasteiger partial charge on any atom is 0.274 e. The van der Waals surface area contributed by atoms with Crippen molar-refractivity contribution < 1.29 is 14.3 Å². The number of aliphatic hydroxyl groups is 1. The number of aryl methyl sites for hydroxylation is 1. The Bertz CT molecular complexity index is 1250. The Morgan fingerprint density at radius 1 is 1.30 bits per heavy atom. The van der Waals surface area contributed by atoms with Crippen LogP contribution in [0.25, 0.3) is 22.8 Å². The fourth-order valence-corrected chi connectivity index (χ4v) is 3.49. The minimum atomic E-state index is -0.784. The molecule has 9 nitrogen and oxygen atoms in total. The highest BCUT2D eigenvalue weighted by Crippen LogP contribution is 2.35. The number of halogens is 1. The van der Waals surface area contributed by atoms with Gasteiger partial charge in [0.05, 0.1) is 11.3 Å². The number of rotatable bonds is 8. The number of imidazole rings is 1. The minimum absolute atomic E-state index is 0.130. The molecule has 0 fully saturated rings. The average molecular weight is 467 g/mol. The molecule has 3 aromatic heterocycles. The third-order valence-electron chi connectivity index (χ3n) is 4.87. The van der Waals surface area contributed by atoms with Gasteiger partial charge in [-0.3, -0.25) is 4.79 Å². The Balaban J connectivity index is 1.70. The van der Waals surface area contributed by atoms with Crippen molar-refractivity contribution >= 4 is 23.3 Å². The number of nitrogens with zero attached hydrogens (tertiary/aromatic N) is 4. The van der Waals surface area contributed by atoms with E-state index >= 15 is 0 Å². The summed E-state index contributed by atoms with van der Waals surface area (Å²) in [4.78, 5) is 25.8. The van der Waals surface area contributed by atoms with Crippen LogP contribution in [0.5, 0.6) is 0 Å². The molecule has 0 aliphatic rings. The molecule has 3 N–H and O–H groups in total. The first kappa shape index (κ1) is 22.5. The second-order valence-electron chi connectivity index (χ2n) is 7.44. The second-order valence-corrected chi connectivity index (χ2v) is 7.84. The largest absolute Gasteiger partial charge is 0.435 e. The van der Waals surface area contributed by atoms with E-state index in [1.807, 2.05) is 23.8 Å². The van der Waals surface area contributed by atoms with Gasteiger partial charge >= 0.3 is 0 Å². The molecule has 4 aromatic rings. The summed E-state index contributed by atoms with van der Waals surface area (Å²) in [7, 11) is 0.